The van der Waals surface area contributed by atoms with Crippen LogP contribution in [0.2, 0.25) is 0 Å². The Morgan fingerprint density at radius 2 is 2.06 bits per heavy atom. The highest BCUT2D eigenvalue weighted by Crippen LogP contribution is 2.08. The fourth-order valence-electron chi connectivity index (χ4n) is 2.04. The Kier molecular flexibility index (Phi) is 7.25. The topological polar surface area (TPSA) is 87.8 Å². The Morgan fingerprint density at radius 3 is 2.67 bits per heavy atom. The molecule has 3 N–H and O–H groups in total. The molecule has 6 nitrogen and oxygen atoms in total. The van der Waals surface area contributed by atoms with E-state index in [1.165, 1.54) is 12.5 Å². The highest BCUT2D eigenvalue weighted by Gasteiger charge is 2.20. The van der Waals surface area contributed by atoms with Gasteiger partial charge in [0.1, 0.15) is 6.04 Å². The van der Waals surface area contributed by atoms with Crippen LogP contribution in [0.15, 0.2) is 4.99 Å². The van der Waals surface area contributed by atoms with Gasteiger partial charge < -0.3 is 5.73 Å². The van der Waals surface area contributed by atoms with Gasteiger partial charge in [0.2, 0.25) is 6.08 Å². The number of nitrogens with one attached hydrogen (secondary N) is 1. The highest BCUT2D eigenvalue weighted by atomic mass is 16.2. The Morgan fingerprint density at radius 1 is 1.33 bits per heavy atom. The lowest BCUT2D eigenvalue weighted by atomic mass is 10.1. The van der Waals surface area contributed by atoms with Gasteiger partial charge in [-0.15, -0.1) is 0 Å². The van der Waals surface area contributed by atoms with Crippen molar-refractivity contribution in [2.24, 2.45) is 10.7 Å². The quantitative estimate of drug-likeness (QED) is 0.389. The molecular formula is C12H22N4O2. The monoisotopic (exact) mass is 254 g/mol. The van der Waals surface area contributed by atoms with Gasteiger partial charge >= 0.3 is 0 Å². The first-order valence-electron chi connectivity index (χ1n) is 6.60. The van der Waals surface area contributed by atoms with Crippen molar-refractivity contribution in [1.29, 1.82) is 0 Å². The van der Waals surface area contributed by atoms with E-state index in [2.05, 4.69) is 10.4 Å². The Balaban J connectivity index is 2.39. The standard InChI is InChI=1S/C12H22N4O2/c13-7-3-2-6-11(14-10-17)12(18)15-16-8-4-1-5-9-16/h11H,1-9,13H2,(H,15,18)/t11-/m0/s1. The molecule has 1 amide bonds. The van der Waals surface area contributed by atoms with Crippen LogP contribution in [0.3, 0.4) is 0 Å². The van der Waals surface area contributed by atoms with Crippen LogP contribution in [-0.2, 0) is 9.59 Å². The number of hydrazine groups is 1. The number of nitrogens with zero attached hydrogens (tertiary/aromatic N) is 2. The molecule has 1 saturated heterocycles. The van der Waals surface area contributed by atoms with Gasteiger partial charge in [0.25, 0.3) is 5.91 Å². The molecule has 0 radical (unpaired) electrons. The van der Waals surface area contributed by atoms with Crippen molar-refractivity contribution in [2.75, 3.05) is 19.6 Å². The van der Waals surface area contributed by atoms with Gasteiger partial charge in [-0.2, -0.15) is 4.99 Å². The van der Waals surface area contributed by atoms with E-state index in [4.69, 9.17) is 5.73 Å². The van der Waals surface area contributed by atoms with Crippen molar-refractivity contribution in [3.8, 4) is 0 Å². The average Bonchev–Trinajstić information content (AvgIpc) is 2.39. The smallest absolute Gasteiger partial charge is 0.259 e. The Bertz CT molecular complexity index is 296. The average molecular weight is 254 g/mol. The molecule has 0 aromatic heterocycles. The number of aliphatic imine (C=N–C) groups is 1. The Hall–Kier alpha value is -1.23. The van der Waals surface area contributed by atoms with Crippen molar-refractivity contribution in [1.82, 2.24) is 10.4 Å². The molecule has 0 aromatic rings. The fraction of sp³-hybridized carbons (Fsp3) is 0.833. The highest BCUT2D eigenvalue weighted by molar-refractivity contribution is 5.82. The third kappa shape index (κ3) is 5.40. The zero-order valence-corrected chi connectivity index (χ0v) is 10.7. The number of nitrogens with two attached hydrogens (primary N) is 1. The van der Waals surface area contributed by atoms with E-state index >= 15 is 0 Å². The van der Waals surface area contributed by atoms with Crippen LogP contribution < -0.4 is 11.2 Å². The van der Waals surface area contributed by atoms with Crippen LogP contribution in [-0.4, -0.2) is 42.7 Å². The van der Waals surface area contributed by atoms with Crippen LogP contribution in [0.25, 0.3) is 0 Å². The summed E-state index contributed by atoms with van der Waals surface area (Å²) in [5.74, 6) is -0.211. The molecule has 0 aromatic carbocycles. The zero-order chi connectivity index (χ0) is 13.2. The minimum Gasteiger partial charge on any atom is -0.330 e. The van der Waals surface area contributed by atoms with Crippen LogP contribution in [0, 0.1) is 0 Å². The van der Waals surface area contributed by atoms with Crippen LogP contribution in [0.4, 0.5) is 0 Å². The molecule has 0 bridgehead atoms. The van der Waals surface area contributed by atoms with E-state index in [1.807, 2.05) is 5.01 Å². The van der Waals surface area contributed by atoms with Crippen molar-refractivity contribution >= 4 is 12.0 Å². The first-order valence-corrected chi connectivity index (χ1v) is 6.60. The van der Waals surface area contributed by atoms with Crippen LogP contribution in [0.5, 0.6) is 0 Å². The molecule has 1 rings (SSSR count). The molecule has 0 spiro atoms. The summed E-state index contributed by atoms with van der Waals surface area (Å²) in [7, 11) is 0. The van der Waals surface area contributed by atoms with Gasteiger partial charge in [0.05, 0.1) is 0 Å². The van der Waals surface area contributed by atoms with E-state index < -0.39 is 6.04 Å². The molecule has 1 aliphatic rings. The number of carbonyl (C=O) groups is 1. The maximum absolute atomic E-state index is 11.9. The molecule has 1 atom stereocenters. The maximum Gasteiger partial charge on any atom is 0.259 e. The van der Waals surface area contributed by atoms with E-state index in [0.29, 0.717) is 13.0 Å². The predicted octanol–water partition coefficient (Wildman–Crippen LogP) is 0.337. The number of amides is 1. The minimum atomic E-state index is -0.629. The molecule has 6 heteroatoms. The summed E-state index contributed by atoms with van der Waals surface area (Å²) in [6.45, 7) is 2.32. The number of hydrogen-bond acceptors (Lipinski definition) is 5. The molecule has 0 unspecified atom stereocenters. The van der Waals surface area contributed by atoms with Gasteiger partial charge in [0, 0.05) is 13.1 Å². The number of hydrogen-bond donors (Lipinski definition) is 2. The van der Waals surface area contributed by atoms with Gasteiger partial charge in [-0.1, -0.05) is 6.42 Å². The van der Waals surface area contributed by atoms with E-state index in [1.54, 1.807) is 0 Å². The van der Waals surface area contributed by atoms with Crippen molar-refractivity contribution in [2.45, 2.75) is 44.6 Å². The molecule has 18 heavy (non-hydrogen) atoms. The summed E-state index contributed by atoms with van der Waals surface area (Å²) < 4.78 is 0. The molecule has 102 valence electrons. The predicted molar refractivity (Wildman–Crippen MR) is 68.4 cm³/mol. The third-order valence-electron chi connectivity index (χ3n) is 3.07. The minimum absolute atomic E-state index is 0.211. The van der Waals surface area contributed by atoms with Crippen molar-refractivity contribution in [3.63, 3.8) is 0 Å². The first-order chi connectivity index (χ1) is 8.77. The second kappa shape index (κ2) is 8.80. The van der Waals surface area contributed by atoms with Gasteiger partial charge in [-0.25, -0.2) is 9.80 Å². The molecule has 1 fully saturated rings. The normalized spacial score (nSPS) is 17.8. The lowest BCUT2D eigenvalue weighted by Crippen LogP contribution is -2.48. The fourth-order valence-corrected chi connectivity index (χ4v) is 2.04. The van der Waals surface area contributed by atoms with Gasteiger partial charge in [-0.05, 0) is 38.6 Å². The van der Waals surface area contributed by atoms with E-state index in [0.717, 1.165) is 38.8 Å². The number of isocyanates is 1. The number of rotatable bonds is 7. The zero-order valence-electron chi connectivity index (χ0n) is 10.7. The summed E-state index contributed by atoms with van der Waals surface area (Å²) in [6, 6.07) is -0.629. The summed E-state index contributed by atoms with van der Waals surface area (Å²) in [4.78, 5) is 25.8. The lowest BCUT2D eigenvalue weighted by molar-refractivity contribution is -0.127. The van der Waals surface area contributed by atoms with Crippen molar-refractivity contribution < 1.29 is 9.59 Å². The summed E-state index contributed by atoms with van der Waals surface area (Å²) in [5.41, 5.74) is 8.22. The number of unbranched alkanes of at least 4 members (excludes halogenated alkanes) is 1. The number of piperidine rings is 1. The molecular weight excluding hydrogens is 232 g/mol. The summed E-state index contributed by atoms with van der Waals surface area (Å²) in [6.07, 6.45) is 7.04. The first kappa shape index (κ1) is 14.8. The van der Waals surface area contributed by atoms with Gasteiger partial charge in [-0.3, -0.25) is 10.2 Å². The maximum atomic E-state index is 11.9. The summed E-state index contributed by atoms with van der Waals surface area (Å²) in [5, 5.41) is 1.90. The number of carbonyl (C=O) groups excluding carboxylic acids is 2. The van der Waals surface area contributed by atoms with Crippen molar-refractivity contribution in [3.05, 3.63) is 0 Å². The molecule has 0 saturated carbocycles. The largest absolute Gasteiger partial charge is 0.330 e. The van der Waals surface area contributed by atoms with Gasteiger partial charge in [0.15, 0.2) is 0 Å². The Labute approximate surface area is 108 Å². The molecule has 1 aliphatic heterocycles. The second-order valence-electron chi connectivity index (χ2n) is 4.54. The lowest BCUT2D eigenvalue weighted by Gasteiger charge is -2.27. The molecule has 1 heterocycles. The molecule has 0 aliphatic carbocycles. The summed E-state index contributed by atoms with van der Waals surface area (Å²) >= 11 is 0. The van der Waals surface area contributed by atoms with Crippen LogP contribution in [0.1, 0.15) is 38.5 Å². The third-order valence-corrected chi connectivity index (χ3v) is 3.07. The van der Waals surface area contributed by atoms with E-state index in [9.17, 15) is 9.59 Å². The van der Waals surface area contributed by atoms with Crippen LogP contribution >= 0.6 is 0 Å². The van der Waals surface area contributed by atoms with E-state index in [-0.39, 0.29) is 5.91 Å². The SMILES string of the molecule is NCCCC[C@H](N=C=O)C(=O)NN1CCCCC1. The second-order valence-corrected chi connectivity index (χ2v) is 4.54.